The van der Waals surface area contributed by atoms with Gasteiger partial charge in [-0.15, -0.1) is 0 Å². The van der Waals surface area contributed by atoms with Crippen molar-refractivity contribution >= 4 is 11.7 Å². The van der Waals surface area contributed by atoms with Crippen LogP contribution in [0.4, 0.5) is 5.82 Å². The van der Waals surface area contributed by atoms with E-state index < -0.39 is 0 Å². The summed E-state index contributed by atoms with van der Waals surface area (Å²) in [5.74, 6) is 2.99. The van der Waals surface area contributed by atoms with Gasteiger partial charge in [-0.3, -0.25) is 4.79 Å². The summed E-state index contributed by atoms with van der Waals surface area (Å²) in [6, 6.07) is 10.5. The highest BCUT2D eigenvalue weighted by Crippen LogP contribution is 2.53. The average molecular weight is 459 g/mol. The van der Waals surface area contributed by atoms with Crippen LogP contribution in [0.1, 0.15) is 60.0 Å². The van der Waals surface area contributed by atoms with Crippen LogP contribution in [0.5, 0.6) is 5.75 Å². The number of amides is 1. The van der Waals surface area contributed by atoms with Crippen molar-refractivity contribution in [2.45, 2.75) is 50.5 Å². The average Bonchev–Trinajstić information content (AvgIpc) is 3.39. The Labute approximate surface area is 201 Å². The number of anilines is 1. The quantitative estimate of drug-likeness (QED) is 0.759. The first-order chi connectivity index (χ1) is 16.6. The Hall–Kier alpha value is -2.60. The molecule has 0 radical (unpaired) electrons. The van der Waals surface area contributed by atoms with E-state index in [-0.39, 0.29) is 11.3 Å². The summed E-state index contributed by atoms with van der Waals surface area (Å²) in [6.45, 7) is 7.33. The molecule has 5 heterocycles. The molecule has 3 fully saturated rings. The fraction of sp³-hybridized carbons (Fsp3) is 0.571. The molecule has 6 nitrogen and oxygen atoms in total. The van der Waals surface area contributed by atoms with Gasteiger partial charge >= 0.3 is 0 Å². The Morgan fingerprint density at radius 2 is 1.88 bits per heavy atom. The molecule has 1 N–H and O–H groups in total. The highest BCUT2D eigenvalue weighted by molar-refractivity contribution is 5.99. The first kappa shape index (κ1) is 20.7. The third-order valence-electron chi connectivity index (χ3n) is 9.54. The third-order valence-corrected chi connectivity index (χ3v) is 9.54. The molecule has 1 aromatic carbocycles. The molecule has 0 unspecified atom stereocenters. The van der Waals surface area contributed by atoms with Crippen LogP contribution >= 0.6 is 0 Å². The van der Waals surface area contributed by atoms with E-state index in [1.165, 1.54) is 37.8 Å². The topological polar surface area (TPSA) is 57.7 Å². The number of ether oxygens (including phenoxy) is 1. The highest BCUT2D eigenvalue weighted by Gasteiger charge is 2.48. The van der Waals surface area contributed by atoms with Crippen LogP contribution in [-0.2, 0) is 12.0 Å². The lowest BCUT2D eigenvalue weighted by Crippen LogP contribution is -2.51. The number of hydrogen-bond donors (Lipinski definition) is 1. The lowest BCUT2D eigenvalue weighted by atomic mass is 9.57. The van der Waals surface area contributed by atoms with Gasteiger partial charge in [-0.25, -0.2) is 4.98 Å². The van der Waals surface area contributed by atoms with Crippen LogP contribution in [-0.4, -0.2) is 55.1 Å². The Morgan fingerprint density at radius 3 is 2.65 bits per heavy atom. The molecule has 2 spiro atoms. The van der Waals surface area contributed by atoms with Crippen LogP contribution < -0.4 is 15.0 Å². The molecule has 7 rings (SSSR count). The van der Waals surface area contributed by atoms with E-state index >= 15 is 0 Å². The summed E-state index contributed by atoms with van der Waals surface area (Å²) in [4.78, 5) is 21.7. The minimum atomic E-state index is 0.0397. The maximum absolute atomic E-state index is 12.0. The largest absolute Gasteiger partial charge is 0.492 e. The lowest BCUT2D eigenvalue weighted by molar-refractivity contribution is -0.000736. The van der Waals surface area contributed by atoms with Gasteiger partial charge in [0.25, 0.3) is 5.91 Å². The third kappa shape index (κ3) is 3.33. The van der Waals surface area contributed by atoms with Gasteiger partial charge in [0.2, 0.25) is 0 Å². The van der Waals surface area contributed by atoms with Crippen LogP contribution in [0.15, 0.2) is 36.5 Å². The second kappa shape index (κ2) is 7.70. The van der Waals surface area contributed by atoms with Gasteiger partial charge in [-0.2, -0.15) is 0 Å². The minimum absolute atomic E-state index is 0.0397. The molecule has 0 atom stereocenters. The van der Waals surface area contributed by atoms with Crippen LogP contribution in [0, 0.1) is 11.3 Å². The van der Waals surface area contributed by atoms with Crippen molar-refractivity contribution in [2.24, 2.45) is 11.3 Å². The van der Waals surface area contributed by atoms with Crippen molar-refractivity contribution in [3.05, 3.63) is 53.2 Å². The molecule has 5 aliphatic rings. The van der Waals surface area contributed by atoms with E-state index in [0.717, 1.165) is 74.2 Å². The number of piperidine rings is 2. The minimum Gasteiger partial charge on any atom is -0.492 e. The molecular formula is C28H34N4O2. The number of benzene rings is 1. The summed E-state index contributed by atoms with van der Waals surface area (Å²) >= 11 is 0. The number of fused-ring (bicyclic) bond motifs is 3. The molecule has 1 saturated carbocycles. The Bertz CT molecular complexity index is 1090. The Balaban J connectivity index is 0.927. The van der Waals surface area contributed by atoms with Crippen LogP contribution in [0.25, 0.3) is 0 Å². The molecule has 4 aliphatic heterocycles. The summed E-state index contributed by atoms with van der Waals surface area (Å²) < 4.78 is 6.12. The standard InChI is InChI=1S/C28H34N4O2/c33-26-22-14-24-23(13-21(22)17-30-26)28(19-34-24)6-9-31(10-7-28)18-20-15-27(16-20)4-11-32(12-5-27)25-3-1-2-8-29-25/h1-3,8,13-14,20H,4-7,9-12,15-19H2,(H,30,33). The van der Waals surface area contributed by atoms with E-state index in [9.17, 15) is 4.79 Å². The van der Waals surface area contributed by atoms with Gasteiger partial charge in [0.05, 0.1) is 6.61 Å². The molecular weight excluding hydrogens is 424 g/mol. The number of rotatable bonds is 3. The highest BCUT2D eigenvalue weighted by atomic mass is 16.5. The fourth-order valence-corrected chi connectivity index (χ4v) is 7.48. The van der Waals surface area contributed by atoms with Gasteiger partial charge in [-0.1, -0.05) is 6.07 Å². The zero-order valence-electron chi connectivity index (χ0n) is 19.9. The van der Waals surface area contributed by atoms with E-state index in [1.807, 2.05) is 18.3 Å². The second-order valence-corrected chi connectivity index (χ2v) is 11.5. The number of likely N-dealkylation sites (tertiary alicyclic amines) is 1. The van der Waals surface area contributed by atoms with Gasteiger partial charge in [0.1, 0.15) is 11.6 Å². The molecule has 0 bridgehead atoms. The van der Waals surface area contributed by atoms with Gasteiger partial charge in [0, 0.05) is 48.9 Å². The number of aromatic nitrogens is 1. The zero-order valence-corrected chi connectivity index (χ0v) is 19.9. The van der Waals surface area contributed by atoms with Crippen molar-refractivity contribution in [1.29, 1.82) is 0 Å². The number of pyridine rings is 1. The molecule has 34 heavy (non-hydrogen) atoms. The molecule has 2 saturated heterocycles. The Morgan fingerprint density at radius 1 is 1.06 bits per heavy atom. The summed E-state index contributed by atoms with van der Waals surface area (Å²) in [6.07, 6.45) is 9.68. The fourth-order valence-electron chi connectivity index (χ4n) is 7.48. The van der Waals surface area contributed by atoms with E-state index in [4.69, 9.17) is 4.74 Å². The smallest absolute Gasteiger partial charge is 0.252 e. The van der Waals surface area contributed by atoms with Crippen molar-refractivity contribution in [2.75, 3.05) is 44.2 Å². The predicted molar refractivity (Wildman–Crippen MR) is 131 cm³/mol. The van der Waals surface area contributed by atoms with E-state index in [1.54, 1.807) is 0 Å². The summed E-state index contributed by atoms with van der Waals surface area (Å²) in [5.41, 5.74) is 4.04. The monoisotopic (exact) mass is 458 g/mol. The normalized spacial score (nSPS) is 25.1. The van der Waals surface area contributed by atoms with Crippen molar-refractivity contribution in [3.63, 3.8) is 0 Å². The molecule has 6 heteroatoms. The molecule has 1 aliphatic carbocycles. The number of carbonyl (C=O) groups excluding carboxylic acids is 1. The van der Waals surface area contributed by atoms with Crippen molar-refractivity contribution in [1.82, 2.24) is 15.2 Å². The van der Waals surface area contributed by atoms with Crippen LogP contribution in [0.3, 0.4) is 0 Å². The number of nitrogens with zero attached hydrogens (tertiary/aromatic N) is 3. The number of nitrogens with one attached hydrogen (secondary N) is 1. The van der Waals surface area contributed by atoms with Gasteiger partial charge in [0.15, 0.2) is 0 Å². The van der Waals surface area contributed by atoms with Crippen molar-refractivity contribution < 1.29 is 9.53 Å². The summed E-state index contributed by atoms with van der Waals surface area (Å²) in [5, 5.41) is 2.95. The lowest BCUT2D eigenvalue weighted by Gasteiger charge is -2.54. The van der Waals surface area contributed by atoms with E-state index in [2.05, 4.69) is 38.3 Å². The number of carbonyl (C=O) groups is 1. The SMILES string of the molecule is O=C1NCc2cc3c(cc21)OCC31CCN(CC2CC3(CCN(c4ccccn4)CC3)C2)CC1. The van der Waals surface area contributed by atoms with Crippen LogP contribution in [0.2, 0.25) is 0 Å². The Kier molecular flexibility index (Phi) is 4.70. The van der Waals surface area contributed by atoms with E-state index in [0.29, 0.717) is 12.0 Å². The first-order valence-electron chi connectivity index (χ1n) is 13.1. The first-order valence-corrected chi connectivity index (χ1v) is 13.1. The second-order valence-electron chi connectivity index (χ2n) is 11.5. The maximum Gasteiger partial charge on any atom is 0.252 e. The molecule has 2 aromatic rings. The maximum atomic E-state index is 12.0. The van der Waals surface area contributed by atoms with Crippen molar-refractivity contribution in [3.8, 4) is 5.75 Å². The zero-order chi connectivity index (χ0) is 22.8. The predicted octanol–water partition coefficient (Wildman–Crippen LogP) is 3.75. The van der Waals surface area contributed by atoms with Gasteiger partial charge < -0.3 is 19.9 Å². The molecule has 1 amide bonds. The molecule has 1 aromatic heterocycles. The van der Waals surface area contributed by atoms with Gasteiger partial charge in [-0.05, 0) is 92.8 Å². The molecule has 178 valence electrons. The summed E-state index contributed by atoms with van der Waals surface area (Å²) in [7, 11) is 0. The number of hydrogen-bond acceptors (Lipinski definition) is 5.